The molecule has 3 aliphatic rings. The van der Waals surface area contributed by atoms with E-state index in [4.69, 9.17) is 9.47 Å². The average Bonchev–Trinajstić information content (AvgIpc) is 2.63. The van der Waals surface area contributed by atoms with Crippen molar-refractivity contribution in [3.63, 3.8) is 0 Å². The lowest BCUT2D eigenvalue weighted by Crippen LogP contribution is -2.59. The highest BCUT2D eigenvalue weighted by Gasteiger charge is 2.62. The third-order valence-corrected chi connectivity index (χ3v) is 6.14. The quantitative estimate of drug-likeness (QED) is 0.706. The summed E-state index contributed by atoms with van der Waals surface area (Å²) in [6.45, 7) is 6.94. The van der Waals surface area contributed by atoms with Gasteiger partial charge in [0.2, 0.25) is 5.79 Å². The number of aliphatic hydroxyl groups is 2. The maximum atomic E-state index is 11.9. The summed E-state index contributed by atoms with van der Waals surface area (Å²) in [5.41, 5.74) is 0.456. The molecule has 0 spiro atoms. The summed E-state index contributed by atoms with van der Waals surface area (Å²) in [4.78, 5) is 23.2. The van der Waals surface area contributed by atoms with Crippen LogP contribution in [0.2, 0.25) is 0 Å². The minimum Gasteiger partial charge on any atom is -0.462 e. The molecule has 6 nitrogen and oxygen atoms in total. The van der Waals surface area contributed by atoms with Gasteiger partial charge in [-0.1, -0.05) is 13.8 Å². The van der Waals surface area contributed by atoms with Crippen LogP contribution in [0.1, 0.15) is 47.0 Å². The van der Waals surface area contributed by atoms with Crippen LogP contribution in [0.4, 0.5) is 0 Å². The number of fused-ring (bicyclic) bond motifs is 2. The molecule has 0 aromatic heterocycles. The maximum absolute atomic E-state index is 11.9. The highest BCUT2D eigenvalue weighted by molar-refractivity contribution is 5.92. The van der Waals surface area contributed by atoms with Gasteiger partial charge in [-0.05, 0) is 25.2 Å². The molecular weight excluding hydrogens is 300 g/mol. The number of ether oxygens (including phenoxy) is 2. The van der Waals surface area contributed by atoms with Crippen molar-refractivity contribution in [3.8, 4) is 0 Å². The molecule has 0 amide bonds. The first-order valence-corrected chi connectivity index (χ1v) is 8.09. The van der Waals surface area contributed by atoms with Crippen molar-refractivity contribution in [2.24, 2.45) is 17.3 Å². The fourth-order valence-electron chi connectivity index (χ4n) is 4.75. The van der Waals surface area contributed by atoms with Crippen LogP contribution in [0.5, 0.6) is 0 Å². The summed E-state index contributed by atoms with van der Waals surface area (Å²) >= 11 is 0. The molecule has 0 bridgehead atoms. The average molecular weight is 324 g/mol. The van der Waals surface area contributed by atoms with Gasteiger partial charge >= 0.3 is 11.9 Å². The number of esters is 2. The molecule has 3 rings (SSSR count). The van der Waals surface area contributed by atoms with E-state index < -0.39 is 23.3 Å². The van der Waals surface area contributed by atoms with E-state index in [-0.39, 0.29) is 30.3 Å². The first-order chi connectivity index (χ1) is 10.6. The zero-order chi connectivity index (χ0) is 17.2. The number of rotatable bonds is 1. The Bertz CT molecular complexity index is 596. The molecule has 23 heavy (non-hydrogen) atoms. The van der Waals surface area contributed by atoms with Gasteiger partial charge in [-0.2, -0.15) is 0 Å². The van der Waals surface area contributed by atoms with Gasteiger partial charge in [-0.15, -0.1) is 0 Å². The van der Waals surface area contributed by atoms with Gasteiger partial charge < -0.3 is 19.7 Å². The molecule has 1 heterocycles. The summed E-state index contributed by atoms with van der Waals surface area (Å²) in [6, 6.07) is 0. The van der Waals surface area contributed by atoms with E-state index in [0.29, 0.717) is 24.0 Å². The van der Waals surface area contributed by atoms with Crippen molar-refractivity contribution in [1.29, 1.82) is 0 Å². The van der Waals surface area contributed by atoms with E-state index >= 15 is 0 Å². The summed E-state index contributed by atoms with van der Waals surface area (Å²) < 4.78 is 10.6. The topological polar surface area (TPSA) is 93.1 Å². The standard InChI is InChI=1S/C17H24O6/c1-8-11-5-12-9(2)15(20)23-17(12,21)7-16(11,4)14(19)6-13(8)22-10(3)18/h8,11,13-14,19,21H,5-7H2,1-4H3/t8-,11-,13+,14-,16+,17-/m0/s1. The van der Waals surface area contributed by atoms with Gasteiger partial charge in [0.25, 0.3) is 0 Å². The number of aliphatic hydroxyl groups excluding tert-OH is 1. The first kappa shape index (κ1) is 16.5. The Balaban J connectivity index is 1.97. The summed E-state index contributed by atoms with van der Waals surface area (Å²) in [6.07, 6.45) is -0.137. The number of carbonyl (C=O) groups excluding carboxylic acids is 2. The normalized spacial score (nSPS) is 46.1. The van der Waals surface area contributed by atoms with Crippen molar-refractivity contribution in [3.05, 3.63) is 11.1 Å². The molecule has 2 saturated carbocycles. The van der Waals surface area contributed by atoms with Gasteiger partial charge in [0, 0.05) is 36.3 Å². The Hall–Kier alpha value is -1.40. The van der Waals surface area contributed by atoms with Crippen LogP contribution in [0.3, 0.4) is 0 Å². The number of carbonyl (C=O) groups is 2. The molecule has 0 aromatic carbocycles. The molecule has 128 valence electrons. The monoisotopic (exact) mass is 324 g/mol. The zero-order valence-electron chi connectivity index (χ0n) is 14.0. The van der Waals surface area contributed by atoms with E-state index in [9.17, 15) is 19.8 Å². The Morgan fingerprint density at radius 2 is 2.09 bits per heavy atom. The van der Waals surface area contributed by atoms with E-state index in [1.54, 1.807) is 6.92 Å². The second kappa shape index (κ2) is 5.05. The summed E-state index contributed by atoms with van der Waals surface area (Å²) in [7, 11) is 0. The van der Waals surface area contributed by atoms with Crippen molar-refractivity contribution < 1.29 is 29.3 Å². The minimum absolute atomic E-state index is 0.00433. The predicted molar refractivity (Wildman–Crippen MR) is 79.9 cm³/mol. The summed E-state index contributed by atoms with van der Waals surface area (Å²) in [5, 5.41) is 21.4. The molecule has 2 fully saturated rings. The Morgan fingerprint density at radius 3 is 2.70 bits per heavy atom. The van der Waals surface area contributed by atoms with Crippen LogP contribution in [0, 0.1) is 17.3 Å². The lowest BCUT2D eigenvalue weighted by Gasteiger charge is -2.56. The molecular formula is C17H24O6. The molecule has 2 N–H and O–H groups in total. The lowest BCUT2D eigenvalue weighted by atomic mass is 9.52. The fraction of sp³-hybridized carbons (Fsp3) is 0.765. The first-order valence-electron chi connectivity index (χ1n) is 8.09. The Kier molecular flexibility index (Phi) is 3.61. The third-order valence-electron chi connectivity index (χ3n) is 6.14. The SMILES string of the molecule is CC(=O)O[C@@H]1C[C@H](O)[C@]2(C)C[C@]3(O)OC(=O)C(C)=C3C[C@H]2[C@@H]1C. The largest absolute Gasteiger partial charge is 0.462 e. The third kappa shape index (κ3) is 2.31. The smallest absolute Gasteiger partial charge is 0.336 e. The van der Waals surface area contributed by atoms with Gasteiger partial charge in [-0.25, -0.2) is 4.79 Å². The predicted octanol–water partition coefficient (Wildman–Crippen LogP) is 1.30. The van der Waals surface area contributed by atoms with Crippen LogP contribution in [-0.2, 0) is 19.1 Å². The number of hydrogen-bond acceptors (Lipinski definition) is 6. The molecule has 0 unspecified atom stereocenters. The van der Waals surface area contributed by atoms with Gasteiger partial charge in [0.05, 0.1) is 6.10 Å². The van der Waals surface area contributed by atoms with Crippen LogP contribution in [-0.4, -0.2) is 40.1 Å². The Morgan fingerprint density at radius 1 is 1.43 bits per heavy atom. The van der Waals surface area contributed by atoms with E-state index in [1.807, 2.05) is 13.8 Å². The zero-order valence-corrected chi connectivity index (χ0v) is 14.0. The van der Waals surface area contributed by atoms with E-state index in [2.05, 4.69) is 0 Å². The lowest BCUT2D eigenvalue weighted by molar-refractivity contribution is -0.232. The molecule has 6 atom stereocenters. The molecule has 0 radical (unpaired) electrons. The summed E-state index contributed by atoms with van der Waals surface area (Å²) in [5.74, 6) is -2.45. The second-order valence-electron chi connectivity index (χ2n) is 7.53. The van der Waals surface area contributed by atoms with Crippen molar-refractivity contribution in [1.82, 2.24) is 0 Å². The van der Waals surface area contributed by atoms with Crippen LogP contribution in [0.15, 0.2) is 11.1 Å². The van der Waals surface area contributed by atoms with Gasteiger partial charge in [0.1, 0.15) is 6.10 Å². The van der Waals surface area contributed by atoms with E-state index in [1.165, 1.54) is 6.92 Å². The molecule has 1 aliphatic heterocycles. The number of hydrogen-bond donors (Lipinski definition) is 2. The van der Waals surface area contributed by atoms with Gasteiger partial charge in [0.15, 0.2) is 0 Å². The fourth-order valence-corrected chi connectivity index (χ4v) is 4.75. The van der Waals surface area contributed by atoms with E-state index in [0.717, 1.165) is 0 Å². The van der Waals surface area contributed by atoms with Crippen molar-refractivity contribution in [2.75, 3.05) is 0 Å². The highest BCUT2D eigenvalue weighted by Crippen LogP contribution is 2.59. The molecule has 2 aliphatic carbocycles. The molecule has 6 heteroatoms. The van der Waals surface area contributed by atoms with Crippen molar-refractivity contribution in [2.45, 2.75) is 65.0 Å². The molecule has 0 aromatic rings. The van der Waals surface area contributed by atoms with Crippen LogP contribution in [0.25, 0.3) is 0 Å². The van der Waals surface area contributed by atoms with Crippen LogP contribution < -0.4 is 0 Å². The maximum Gasteiger partial charge on any atom is 0.336 e. The highest BCUT2D eigenvalue weighted by atomic mass is 16.7. The second-order valence-corrected chi connectivity index (χ2v) is 7.53. The van der Waals surface area contributed by atoms with Crippen LogP contribution >= 0.6 is 0 Å². The minimum atomic E-state index is -1.61. The van der Waals surface area contributed by atoms with Crippen molar-refractivity contribution >= 4 is 11.9 Å². The van der Waals surface area contributed by atoms with Gasteiger partial charge in [-0.3, -0.25) is 4.79 Å². The molecule has 0 saturated heterocycles. The Labute approximate surface area is 135 Å².